The SMILES string of the molecule is CCOc1ccc2nc(N(CCCN(C)C)C(=O)c3ccco3)sc2c1. The molecule has 0 atom stereocenters. The van der Waals surface area contributed by atoms with E-state index < -0.39 is 0 Å². The maximum atomic E-state index is 12.9. The van der Waals surface area contributed by atoms with Gasteiger partial charge >= 0.3 is 0 Å². The van der Waals surface area contributed by atoms with Crippen LogP contribution in [0, 0.1) is 0 Å². The Hall–Kier alpha value is -2.38. The van der Waals surface area contributed by atoms with Crippen LogP contribution in [0.25, 0.3) is 10.2 Å². The molecule has 1 amide bonds. The van der Waals surface area contributed by atoms with Gasteiger partial charge in [0.25, 0.3) is 5.91 Å². The summed E-state index contributed by atoms with van der Waals surface area (Å²) in [5.74, 6) is 0.966. The molecule has 7 heteroatoms. The summed E-state index contributed by atoms with van der Waals surface area (Å²) < 4.78 is 11.9. The molecule has 3 aromatic rings. The van der Waals surface area contributed by atoms with Crippen LogP contribution in [0.1, 0.15) is 23.9 Å². The third kappa shape index (κ3) is 4.23. The molecule has 2 aromatic heterocycles. The molecule has 0 bridgehead atoms. The molecule has 0 aliphatic carbocycles. The molecule has 0 spiro atoms. The molecule has 6 nitrogen and oxygen atoms in total. The number of nitrogens with zero attached hydrogens (tertiary/aromatic N) is 3. The Morgan fingerprint density at radius 2 is 2.12 bits per heavy atom. The second-order valence-electron chi connectivity index (χ2n) is 6.15. The summed E-state index contributed by atoms with van der Waals surface area (Å²) in [6, 6.07) is 9.20. The summed E-state index contributed by atoms with van der Waals surface area (Å²) in [7, 11) is 4.04. The van der Waals surface area contributed by atoms with E-state index in [9.17, 15) is 4.79 Å². The molecule has 0 unspecified atom stereocenters. The molecule has 0 saturated heterocycles. The fraction of sp³-hybridized carbons (Fsp3) is 0.368. The van der Waals surface area contributed by atoms with Crippen LogP contribution < -0.4 is 9.64 Å². The highest BCUT2D eigenvalue weighted by atomic mass is 32.1. The zero-order valence-corrected chi connectivity index (χ0v) is 16.1. The van der Waals surface area contributed by atoms with Crippen molar-refractivity contribution in [2.24, 2.45) is 0 Å². The molecule has 0 N–H and O–H groups in total. The van der Waals surface area contributed by atoms with E-state index in [-0.39, 0.29) is 5.91 Å². The van der Waals surface area contributed by atoms with Crippen molar-refractivity contribution in [2.75, 3.05) is 38.7 Å². The molecule has 2 heterocycles. The van der Waals surface area contributed by atoms with Crippen molar-refractivity contribution in [2.45, 2.75) is 13.3 Å². The molecule has 0 aliphatic heterocycles. The normalized spacial score (nSPS) is 11.2. The van der Waals surface area contributed by atoms with Crippen LogP contribution in [-0.2, 0) is 0 Å². The van der Waals surface area contributed by atoms with Gasteiger partial charge in [-0.05, 0) is 64.3 Å². The molecule has 0 saturated carbocycles. The molecule has 1 aromatic carbocycles. The van der Waals surface area contributed by atoms with Gasteiger partial charge in [-0.1, -0.05) is 11.3 Å². The van der Waals surface area contributed by atoms with Gasteiger partial charge in [-0.3, -0.25) is 9.69 Å². The summed E-state index contributed by atoms with van der Waals surface area (Å²) in [6.45, 7) is 4.04. The van der Waals surface area contributed by atoms with Gasteiger partial charge in [0.1, 0.15) is 5.75 Å². The lowest BCUT2D eigenvalue weighted by Crippen LogP contribution is -2.33. The van der Waals surface area contributed by atoms with E-state index in [2.05, 4.69) is 9.88 Å². The van der Waals surface area contributed by atoms with Crippen LogP contribution in [0.2, 0.25) is 0 Å². The predicted octanol–water partition coefficient (Wildman–Crippen LogP) is 3.89. The predicted molar refractivity (Wildman–Crippen MR) is 104 cm³/mol. The second kappa shape index (κ2) is 8.33. The van der Waals surface area contributed by atoms with Gasteiger partial charge < -0.3 is 14.1 Å². The highest BCUT2D eigenvalue weighted by Crippen LogP contribution is 2.32. The fourth-order valence-electron chi connectivity index (χ4n) is 2.63. The number of hydrogen-bond donors (Lipinski definition) is 0. The number of carbonyl (C=O) groups excluding carboxylic acids is 1. The monoisotopic (exact) mass is 373 g/mol. The minimum Gasteiger partial charge on any atom is -0.494 e. The Bertz CT molecular complexity index is 858. The van der Waals surface area contributed by atoms with Gasteiger partial charge in [-0.25, -0.2) is 4.98 Å². The third-order valence-electron chi connectivity index (χ3n) is 3.85. The number of rotatable bonds is 8. The maximum Gasteiger partial charge on any atom is 0.295 e. The molecule has 26 heavy (non-hydrogen) atoms. The molecule has 3 rings (SSSR count). The number of hydrogen-bond acceptors (Lipinski definition) is 6. The van der Waals surface area contributed by atoms with Gasteiger partial charge in [0.05, 0.1) is 23.1 Å². The zero-order chi connectivity index (χ0) is 18.5. The summed E-state index contributed by atoms with van der Waals surface area (Å²) in [4.78, 5) is 21.3. The summed E-state index contributed by atoms with van der Waals surface area (Å²) in [5.41, 5.74) is 0.860. The summed E-state index contributed by atoms with van der Waals surface area (Å²) in [6.07, 6.45) is 2.36. The Balaban J connectivity index is 1.89. The van der Waals surface area contributed by atoms with Gasteiger partial charge in [-0.2, -0.15) is 0 Å². The molecule has 0 radical (unpaired) electrons. The number of furan rings is 1. The first-order valence-corrected chi connectivity index (χ1v) is 9.43. The fourth-order valence-corrected chi connectivity index (χ4v) is 3.65. The minimum atomic E-state index is -0.169. The highest BCUT2D eigenvalue weighted by Gasteiger charge is 2.23. The number of thiazole rings is 1. The first-order chi connectivity index (χ1) is 12.6. The van der Waals surface area contributed by atoms with Crippen LogP contribution >= 0.6 is 11.3 Å². The first kappa shape index (κ1) is 18.4. The standard InChI is InChI=1S/C19H23N3O3S/c1-4-24-14-8-9-15-17(13-14)26-19(20-15)22(11-6-10-21(2)3)18(23)16-7-5-12-25-16/h5,7-9,12-13H,4,6,10-11H2,1-3H3. The zero-order valence-electron chi connectivity index (χ0n) is 15.3. The average Bonchev–Trinajstić information content (AvgIpc) is 3.27. The van der Waals surface area contributed by atoms with Crippen LogP contribution in [-0.4, -0.2) is 49.6 Å². The lowest BCUT2D eigenvalue weighted by molar-refractivity contribution is 0.0959. The highest BCUT2D eigenvalue weighted by molar-refractivity contribution is 7.22. The molecular formula is C19H23N3O3S. The van der Waals surface area contributed by atoms with Crippen molar-refractivity contribution in [3.05, 3.63) is 42.4 Å². The summed E-state index contributed by atoms with van der Waals surface area (Å²) in [5, 5.41) is 0.675. The minimum absolute atomic E-state index is 0.169. The van der Waals surface area contributed by atoms with E-state index in [1.54, 1.807) is 17.0 Å². The topological polar surface area (TPSA) is 58.8 Å². The molecule has 0 fully saturated rings. The Morgan fingerprint density at radius 3 is 2.81 bits per heavy atom. The number of aromatic nitrogens is 1. The largest absolute Gasteiger partial charge is 0.494 e. The van der Waals surface area contributed by atoms with Crippen molar-refractivity contribution >= 4 is 32.6 Å². The number of amides is 1. The third-order valence-corrected chi connectivity index (χ3v) is 4.90. The number of benzene rings is 1. The smallest absolute Gasteiger partial charge is 0.295 e. The number of ether oxygens (including phenoxy) is 1. The van der Waals surface area contributed by atoms with E-state index in [0.717, 1.165) is 28.9 Å². The second-order valence-corrected chi connectivity index (χ2v) is 7.16. The van der Waals surface area contributed by atoms with E-state index >= 15 is 0 Å². The van der Waals surface area contributed by atoms with Crippen LogP contribution in [0.3, 0.4) is 0 Å². The first-order valence-electron chi connectivity index (χ1n) is 8.62. The molecular weight excluding hydrogens is 350 g/mol. The van der Waals surface area contributed by atoms with Gasteiger partial charge in [0.15, 0.2) is 10.9 Å². The van der Waals surface area contributed by atoms with Crippen molar-refractivity contribution < 1.29 is 13.9 Å². The van der Waals surface area contributed by atoms with E-state index in [4.69, 9.17) is 9.15 Å². The lowest BCUT2D eigenvalue weighted by Gasteiger charge is -2.19. The van der Waals surface area contributed by atoms with Crippen molar-refractivity contribution in [1.29, 1.82) is 0 Å². The maximum absolute atomic E-state index is 12.9. The number of fused-ring (bicyclic) bond motifs is 1. The van der Waals surface area contributed by atoms with Crippen molar-refractivity contribution in [3.63, 3.8) is 0 Å². The van der Waals surface area contributed by atoms with Gasteiger partial charge in [0, 0.05) is 6.54 Å². The Labute approximate surface area is 157 Å². The summed E-state index contributed by atoms with van der Waals surface area (Å²) >= 11 is 1.49. The van der Waals surface area contributed by atoms with Gasteiger partial charge in [-0.15, -0.1) is 0 Å². The van der Waals surface area contributed by atoms with E-state index in [1.165, 1.54) is 17.6 Å². The molecule has 138 valence electrons. The lowest BCUT2D eigenvalue weighted by atomic mass is 10.3. The van der Waals surface area contributed by atoms with Crippen molar-refractivity contribution in [3.8, 4) is 5.75 Å². The van der Waals surface area contributed by atoms with E-state index in [0.29, 0.717) is 24.0 Å². The van der Waals surface area contributed by atoms with Crippen LogP contribution in [0.5, 0.6) is 5.75 Å². The number of anilines is 1. The van der Waals surface area contributed by atoms with Crippen LogP contribution in [0.4, 0.5) is 5.13 Å². The van der Waals surface area contributed by atoms with Crippen molar-refractivity contribution in [1.82, 2.24) is 9.88 Å². The quantitative estimate of drug-likeness (QED) is 0.600. The van der Waals surface area contributed by atoms with Crippen LogP contribution in [0.15, 0.2) is 41.0 Å². The molecule has 0 aliphatic rings. The average molecular weight is 373 g/mol. The number of carbonyl (C=O) groups is 1. The van der Waals surface area contributed by atoms with Gasteiger partial charge in [0.2, 0.25) is 0 Å². The van der Waals surface area contributed by atoms with E-state index in [1.807, 2.05) is 39.2 Å². The Kier molecular flexibility index (Phi) is 5.90. The Morgan fingerprint density at radius 1 is 1.27 bits per heavy atom.